The van der Waals surface area contributed by atoms with Crippen molar-refractivity contribution >= 4 is 5.91 Å². The molecule has 0 aromatic heterocycles. The van der Waals surface area contributed by atoms with Gasteiger partial charge in [0.15, 0.2) is 0 Å². The SMILES string of the molecule is COCCN1CCN(C(=O)[C@H]2CCN[C@@H](C)C2)CC1. The van der Waals surface area contributed by atoms with Crippen molar-refractivity contribution in [3.8, 4) is 0 Å². The largest absolute Gasteiger partial charge is 0.383 e. The van der Waals surface area contributed by atoms with Crippen LogP contribution in [-0.2, 0) is 9.53 Å². The molecule has 1 amide bonds. The molecule has 0 spiro atoms. The van der Waals surface area contributed by atoms with E-state index in [2.05, 4.69) is 22.0 Å². The first-order valence-electron chi connectivity index (χ1n) is 7.44. The monoisotopic (exact) mass is 269 g/mol. The maximum atomic E-state index is 12.5. The molecule has 0 bridgehead atoms. The van der Waals surface area contributed by atoms with Gasteiger partial charge in [0.05, 0.1) is 6.61 Å². The number of hydrogen-bond acceptors (Lipinski definition) is 4. The number of piperidine rings is 1. The lowest BCUT2D eigenvalue weighted by Crippen LogP contribution is -2.52. The maximum absolute atomic E-state index is 12.5. The lowest BCUT2D eigenvalue weighted by atomic mass is 9.92. The Morgan fingerprint density at radius 3 is 2.68 bits per heavy atom. The van der Waals surface area contributed by atoms with Gasteiger partial charge >= 0.3 is 0 Å². The number of methoxy groups -OCH3 is 1. The zero-order valence-electron chi connectivity index (χ0n) is 12.2. The second-order valence-electron chi connectivity index (χ2n) is 5.74. The van der Waals surface area contributed by atoms with E-state index in [0.717, 1.165) is 58.7 Å². The first kappa shape index (κ1) is 14.8. The molecule has 2 aliphatic heterocycles. The number of rotatable bonds is 4. The standard InChI is InChI=1S/C14H27N3O2/c1-12-11-13(3-4-15-12)14(18)17-7-5-16(6-8-17)9-10-19-2/h12-13,15H,3-11H2,1-2H3/t12-,13-/m0/s1. The molecular formula is C14H27N3O2. The van der Waals surface area contributed by atoms with Crippen LogP contribution >= 0.6 is 0 Å². The Labute approximate surface area is 116 Å². The summed E-state index contributed by atoms with van der Waals surface area (Å²) < 4.78 is 5.10. The van der Waals surface area contributed by atoms with Gasteiger partial charge in [-0.2, -0.15) is 0 Å². The lowest BCUT2D eigenvalue weighted by molar-refractivity contribution is -0.138. The van der Waals surface area contributed by atoms with Crippen LogP contribution in [0.5, 0.6) is 0 Å². The smallest absolute Gasteiger partial charge is 0.225 e. The van der Waals surface area contributed by atoms with Crippen molar-refractivity contribution < 1.29 is 9.53 Å². The van der Waals surface area contributed by atoms with Gasteiger partial charge in [-0.3, -0.25) is 9.69 Å². The van der Waals surface area contributed by atoms with Crippen molar-refractivity contribution in [3.05, 3.63) is 0 Å². The molecule has 2 heterocycles. The van der Waals surface area contributed by atoms with Crippen LogP contribution in [0.3, 0.4) is 0 Å². The molecule has 2 aliphatic rings. The molecule has 0 aromatic rings. The van der Waals surface area contributed by atoms with E-state index < -0.39 is 0 Å². The third-order valence-electron chi connectivity index (χ3n) is 4.27. The van der Waals surface area contributed by atoms with Gasteiger partial charge in [-0.05, 0) is 26.3 Å². The van der Waals surface area contributed by atoms with Crippen molar-refractivity contribution in [2.75, 3.05) is 53.0 Å². The Morgan fingerprint density at radius 1 is 1.32 bits per heavy atom. The lowest BCUT2D eigenvalue weighted by Gasteiger charge is -2.38. The zero-order valence-corrected chi connectivity index (χ0v) is 12.2. The molecule has 0 aromatic carbocycles. The summed E-state index contributed by atoms with van der Waals surface area (Å²) in [4.78, 5) is 16.9. The molecule has 1 N–H and O–H groups in total. The molecule has 19 heavy (non-hydrogen) atoms. The van der Waals surface area contributed by atoms with Crippen molar-refractivity contribution in [1.82, 2.24) is 15.1 Å². The molecule has 0 radical (unpaired) electrons. The molecular weight excluding hydrogens is 242 g/mol. The molecule has 0 aliphatic carbocycles. The summed E-state index contributed by atoms with van der Waals surface area (Å²) in [6, 6.07) is 0.477. The minimum Gasteiger partial charge on any atom is -0.383 e. The maximum Gasteiger partial charge on any atom is 0.225 e. The molecule has 0 saturated carbocycles. The van der Waals surface area contributed by atoms with Crippen LogP contribution in [0.15, 0.2) is 0 Å². The summed E-state index contributed by atoms with van der Waals surface area (Å²) in [5.74, 6) is 0.613. The van der Waals surface area contributed by atoms with Crippen LogP contribution in [0.25, 0.3) is 0 Å². The van der Waals surface area contributed by atoms with Crippen LogP contribution in [0, 0.1) is 5.92 Å². The minimum atomic E-state index is 0.238. The van der Waals surface area contributed by atoms with Gasteiger partial charge in [-0.1, -0.05) is 0 Å². The first-order valence-corrected chi connectivity index (χ1v) is 7.44. The topological polar surface area (TPSA) is 44.8 Å². The van der Waals surface area contributed by atoms with Crippen LogP contribution in [0.4, 0.5) is 0 Å². The van der Waals surface area contributed by atoms with Gasteiger partial charge < -0.3 is 15.0 Å². The molecule has 2 atom stereocenters. The summed E-state index contributed by atoms with van der Waals surface area (Å²) in [7, 11) is 1.73. The van der Waals surface area contributed by atoms with E-state index in [4.69, 9.17) is 4.74 Å². The van der Waals surface area contributed by atoms with Crippen LogP contribution < -0.4 is 5.32 Å². The van der Waals surface area contributed by atoms with Crippen molar-refractivity contribution in [1.29, 1.82) is 0 Å². The summed E-state index contributed by atoms with van der Waals surface area (Å²) in [5.41, 5.74) is 0. The number of nitrogens with one attached hydrogen (secondary N) is 1. The molecule has 2 rings (SSSR count). The summed E-state index contributed by atoms with van der Waals surface area (Å²) in [6.07, 6.45) is 1.98. The third-order valence-corrected chi connectivity index (χ3v) is 4.27. The Hall–Kier alpha value is -0.650. The average molecular weight is 269 g/mol. The Morgan fingerprint density at radius 2 is 2.05 bits per heavy atom. The van der Waals surface area contributed by atoms with E-state index in [1.54, 1.807) is 7.11 Å². The predicted molar refractivity (Wildman–Crippen MR) is 75.1 cm³/mol. The molecule has 2 fully saturated rings. The number of piperazine rings is 1. The third kappa shape index (κ3) is 4.16. The normalized spacial score (nSPS) is 29.5. The quantitative estimate of drug-likeness (QED) is 0.790. The Balaban J connectivity index is 1.75. The second-order valence-corrected chi connectivity index (χ2v) is 5.74. The van der Waals surface area contributed by atoms with Gasteiger partial charge in [0, 0.05) is 51.8 Å². The summed E-state index contributed by atoms with van der Waals surface area (Å²) in [6.45, 7) is 8.61. The van der Waals surface area contributed by atoms with Gasteiger partial charge in [-0.15, -0.1) is 0 Å². The fraction of sp³-hybridized carbons (Fsp3) is 0.929. The van der Waals surface area contributed by atoms with Crippen LogP contribution in [-0.4, -0.2) is 74.7 Å². The number of ether oxygens (including phenoxy) is 1. The van der Waals surface area contributed by atoms with E-state index in [0.29, 0.717) is 11.9 Å². The molecule has 5 heteroatoms. The van der Waals surface area contributed by atoms with Crippen LogP contribution in [0.1, 0.15) is 19.8 Å². The van der Waals surface area contributed by atoms with Crippen molar-refractivity contribution in [2.24, 2.45) is 5.92 Å². The number of hydrogen-bond donors (Lipinski definition) is 1. The number of carbonyl (C=O) groups excluding carboxylic acids is 1. The molecule has 2 saturated heterocycles. The van der Waals surface area contributed by atoms with E-state index in [-0.39, 0.29) is 5.92 Å². The molecule has 5 nitrogen and oxygen atoms in total. The molecule has 110 valence electrons. The fourth-order valence-electron chi connectivity index (χ4n) is 3.03. The van der Waals surface area contributed by atoms with Gasteiger partial charge in [0.2, 0.25) is 5.91 Å². The number of carbonyl (C=O) groups is 1. The highest BCUT2D eigenvalue weighted by Crippen LogP contribution is 2.19. The highest BCUT2D eigenvalue weighted by atomic mass is 16.5. The van der Waals surface area contributed by atoms with Crippen LogP contribution in [0.2, 0.25) is 0 Å². The van der Waals surface area contributed by atoms with E-state index in [1.165, 1.54) is 0 Å². The highest BCUT2D eigenvalue weighted by Gasteiger charge is 2.30. The van der Waals surface area contributed by atoms with E-state index in [9.17, 15) is 4.79 Å². The number of nitrogens with zero attached hydrogens (tertiary/aromatic N) is 2. The van der Waals surface area contributed by atoms with Crippen molar-refractivity contribution in [2.45, 2.75) is 25.8 Å². The summed E-state index contributed by atoms with van der Waals surface area (Å²) >= 11 is 0. The average Bonchev–Trinajstić information content (AvgIpc) is 2.45. The Kier molecular flexibility index (Phi) is 5.60. The Bertz CT molecular complexity index is 290. The van der Waals surface area contributed by atoms with E-state index in [1.807, 2.05) is 0 Å². The summed E-state index contributed by atoms with van der Waals surface area (Å²) in [5, 5.41) is 3.41. The minimum absolute atomic E-state index is 0.238. The van der Waals surface area contributed by atoms with E-state index >= 15 is 0 Å². The van der Waals surface area contributed by atoms with Gasteiger partial charge in [0.1, 0.15) is 0 Å². The highest BCUT2D eigenvalue weighted by molar-refractivity contribution is 5.79. The predicted octanol–water partition coefficient (Wildman–Crippen LogP) is 0.165. The van der Waals surface area contributed by atoms with Gasteiger partial charge in [-0.25, -0.2) is 0 Å². The fourth-order valence-corrected chi connectivity index (χ4v) is 3.03. The second kappa shape index (κ2) is 7.22. The first-order chi connectivity index (χ1) is 9.20. The van der Waals surface area contributed by atoms with Crippen molar-refractivity contribution in [3.63, 3.8) is 0 Å². The molecule has 0 unspecified atom stereocenters. The number of amides is 1. The zero-order chi connectivity index (χ0) is 13.7. The van der Waals surface area contributed by atoms with Gasteiger partial charge in [0.25, 0.3) is 0 Å².